The van der Waals surface area contributed by atoms with Crippen molar-refractivity contribution in [1.82, 2.24) is 14.4 Å². The molecule has 3 heterocycles. The minimum Gasteiger partial charge on any atom is -0.306 e. The number of nitrogens with zero attached hydrogens (tertiary/aromatic N) is 2. The highest BCUT2D eigenvalue weighted by molar-refractivity contribution is 9.10. The van der Waals surface area contributed by atoms with Gasteiger partial charge in [0.1, 0.15) is 16.8 Å². The van der Waals surface area contributed by atoms with Gasteiger partial charge >= 0.3 is 0 Å². The molecule has 92 valence electrons. The highest BCUT2D eigenvalue weighted by Crippen LogP contribution is 2.23. The van der Waals surface area contributed by atoms with Crippen molar-refractivity contribution in [2.45, 2.75) is 0 Å². The Hall–Kier alpha value is -2.14. The van der Waals surface area contributed by atoms with E-state index in [9.17, 15) is 4.79 Å². The summed E-state index contributed by atoms with van der Waals surface area (Å²) in [7, 11) is 0. The number of nitrogens with one attached hydrogen (secondary N) is 1. The topological polar surface area (TPSA) is 50.2 Å². The van der Waals surface area contributed by atoms with Crippen LogP contribution in [0.5, 0.6) is 0 Å². The molecule has 0 radical (unpaired) electrons. The number of aromatic nitrogens is 3. The molecule has 0 spiro atoms. The fourth-order valence-electron chi connectivity index (χ4n) is 2.39. The SMILES string of the molecule is O=c1[nH]c2c(nc3ccc(Br)cn32)c2ccccc12. The zero-order valence-electron chi connectivity index (χ0n) is 9.72. The number of hydrogen-bond acceptors (Lipinski definition) is 2. The predicted molar refractivity (Wildman–Crippen MR) is 78.5 cm³/mol. The molecule has 1 N–H and O–H groups in total. The Morgan fingerprint density at radius 1 is 1.11 bits per heavy atom. The number of hydrogen-bond donors (Lipinski definition) is 1. The van der Waals surface area contributed by atoms with Gasteiger partial charge in [0.15, 0.2) is 0 Å². The number of benzene rings is 1. The van der Waals surface area contributed by atoms with Crippen molar-refractivity contribution in [3.05, 3.63) is 57.4 Å². The summed E-state index contributed by atoms with van der Waals surface area (Å²) in [6.07, 6.45) is 1.90. The fourth-order valence-corrected chi connectivity index (χ4v) is 2.73. The van der Waals surface area contributed by atoms with Crippen LogP contribution in [-0.4, -0.2) is 14.4 Å². The molecule has 3 aromatic heterocycles. The summed E-state index contributed by atoms with van der Waals surface area (Å²) in [5.74, 6) is 0. The lowest BCUT2D eigenvalue weighted by molar-refractivity contribution is 1.16. The van der Waals surface area contributed by atoms with Crippen molar-refractivity contribution in [2.24, 2.45) is 0 Å². The standard InChI is InChI=1S/C14H8BrN3O/c15-8-5-6-11-16-12-9-3-1-2-4-10(9)14(19)17-13(12)18(11)7-8/h1-7H,(H,17,19). The largest absolute Gasteiger partial charge is 0.306 e. The maximum atomic E-state index is 12.1. The van der Waals surface area contributed by atoms with E-state index in [-0.39, 0.29) is 5.56 Å². The third kappa shape index (κ3) is 1.45. The number of imidazole rings is 1. The molecule has 0 aliphatic rings. The molecule has 0 atom stereocenters. The first kappa shape index (κ1) is 10.8. The predicted octanol–water partition coefficient (Wildman–Crippen LogP) is 3.09. The van der Waals surface area contributed by atoms with Gasteiger partial charge in [-0.15, -0.1) is 0 Å². The molecule has 0 amide bonds. The van der Waals surface area contributed by atoms with Crippen molar-refractivity contribution < 1.29 is 0 Å². The van der Waals surface area contributed by atoms with Crippen LogP contribution in [0.4, 0.5) is 0 Å². The van der Waals surface area contributed by atoms with Crippen LogP contribution in [-0.2, 0) is 0 Å². The molecule has 0 saturated heterocycles. The van der Waals surface area contributed by atoms with Gasteiger partial charge in [-0.05, 0) is 34.1 Å². The van der Waals surface area contributed by atoms with Gasteiger partial charge in [0, 0.05) is 21.4 Å². The first-order valence-electron chi connectivity index (χ1n) is 5.82. The van der Waals surface area contributed by atoms with Gasteiger partial charge in [-0.3, -0.25) is 9.20 Å². The van der Waals surface area contributed by atoms with Crippen LogP contribution < -0.4 is 5.56 Å². The molecule has 4 nitrogen and oxygen atoms in total. The van der Waals surface area contributed by atoms with Gasteiger partial charge in [-0.25, -0.2) is 4.98 Å². The Balaban J connectivity index is 2.36. The molecular formula is C14H8BrN3O. The van der Waals surface area contributed by atoms with Crippen molar-refractivity contribution in [2.75, 3.05) is 0 Å². The number of rotatable bonds is 0. The second-order valence-electron chi connectivity index (χ2n) is 4.38. The minimum atomic E-state index is -0.0927. The van der Waals surface area contributed by atoms with Crippen LogP contribution in [0.1, 0.15) is 0 Å². The zero-order chi connectivity index (χ0) is 13.0. The van der Waals surface area contributed by atoms with E-state index in [1.165, 1.54) is 0 Å². The van der Waals surface area contributed by atoms with Crippen molar-refractivity contribution in [1.29, 1.82) is 0 Å². The molecule has 4 rings (SSSR count). The molecule has 1 aromatic carbocycles. The number of fused-ring (bicyclic) bond motifs is 5. The maximum absolute atomic E-state index is 12.1. The molecule has 4 aromatic rings. The van der Waals surface area contributed by atoms with Crippen LogP contribution in [0.3, 0.4) is 0 Å². The van der Waals surface area contributed by atoms with E-state index in [0.29, 0.717) is 5.39 Å². The molecule has 5 heteroatoms. The number of aromatic amines is 1. The number of pyridine rings is 2. The summed E-state index contributed by atoms with van der Waals surface area (Å²) in [4.78, 5) is 19.6. The third-order valence-electron chi connectivity index (χ3n) is 3.24. The van der Waals surface area contributed by atoms with E-state index < -0.39 is 0 Å². The van der Waals surface area contributed by atoms with Crippen LogP contribution in [0, 0.1) is 0 Å². The zero-order valence-corrected chi connectivity index (χ0v) is 11.3. The van der Waals surface area contributed by atoms with Crippen molar-refractivity contribution in [3.63, 3.8) is 0 Å². The summed E-state index contributed by atoms with van der Waals surface area (Å²) in [5, 5.41) is 1.54. The Morgan fingerprint density at radius 3 is 2.74 bits per heavy atom. The van der Waals surface area contributed by atoms with E-state index >= 15 is 0 Å². The number of halogens is 1. The van der Waals surface area contributed by atoms with Gasteiger partial charge in [0.25, 0.3) is 5.56 Å². The summed E-state index contributed by atoms with van der Waals surface area (Å²) in [5.41, 5.74) is 2.25. The van der Waals surface area contributed by atoms with Crippen LogP contribution in [0.25, 0.3) is 27.6 Å². The van der Waals surface area contributed by atoms with Gasteiger partial charge in [-0.1, -0.05) is 18.2 Å². The summed E-state index contributed by atoms with van der Waals surface area (Å²) >= 11 is 3.43. The monoisotopic (exact) mass is 313 g/mol. The Kier molecular flexibility index (Phi) is 2.08. The second kappa shape index (κ2) is 3.68. The van der Waals surface area contributed by atoms with E-state index in [1.807, 2.05) is 47.0 Å². The molecule has 19 heavy (non-hydrogen) atoms. The Morgan fingerprint density at radius 2 is 1.89 bits per heavy atom. The molecular weight excluding hydrogens is 306 g/mol. The highest BCUT2D eigenvalue weighted by Gasteiger charge is 2.10. The molecule has 0 saturated carbocycles. The molecule has 0 bridgehead atoms. The van der Waals surface area contributed by atoms with Gasteiger partial charge in [0.2, 0.25) is 0 Å². The Labute approximate surface area is 115 Å². The van der Waals surface area contributed by atoms with Crippen LogP contribution in [0.2, 0.25) is 0 Å². The molecule has 0 aliphatic carbocycles. The second-order valence-corrected chi connectivity index (χ2v) is 5.30. The van der Waals surface area contributed by atoms with E-state index in [2.05, 4.69) is 25.9 Å². The lowest BCUT2D eigenvalue weighted by Gasteiger charge is -1.99. The molecule has 0 aliphatic heterocycles. The fraction of sp³-hybridized carbons (Fsp3) is 0. The third-order valence-corrected chi connectivity index (χ3v) is 3.71. The lowest BCUT2D eigenvalue weighted by Crippen LogP contribution is -2.06. The Bertz CT molecular complexity index is 1000. The smallest absolute Gasteiger partial charge is 0.257 e. The van der Waals surface area contributed by atoms with Crippen LogP contribution >= 0.6 is 15.9 Å². The molecule has 0 unspecified atom stereocenters. The quantitative estimate of drug-likeness (QED) is 0.542. The van der Waals surface area contributed by atoms with E-state index in [4.69, 9.17) is 0 Å². The maximum Gasteiger partial charge on any atom is 0.257 e. The van der Waals surface area contributed by atoms with Gasteiger partial charge in [0.05, 0.1) is 0 Å². The normalized spacial score (nSPS) is 11.6. The summed E-state index contributed by atoms with van der Waals surface area (Å²) in [6, 6.07) is 11.4. The number of H-pyrrole nitrogens is 1. The van der Waals surface area contributed by atoms with Crippen LogP contribution in [0.15, 0.2) is 51.9 Å². The lowest BCUT2D eigenvalue weighted by atomic mass is 10.1. The summed E-state index contributed by atoms with van der Waals surface area (Å²) < 4.78 is 2.82. The van der Waals surface area contributed by atoms with Gasteiger partial charge < -0.3 is 4.98 Å². The first-order valence-corrected chi connectivity index (χ1v) is 6.62. The minimum absolute atomic E-state index is 0.0927. The van der Waals surface area contributed by atoms with E-state index in [1.54, 1.807) is 0 Å². The van der Waals surface area contributed by atoms with E-state index in [0.717, 1.165) is 26.7 Å². The van der Waals surface area contributed by atoms with Crippen molar-refractivity contribution in [3.8, 4) is 0 Å². The summed E-state index contributed by atoms with van der Waals surface area (Å²) in [6.45, 7) is 0. The highest BCUT2D eigenvalue weighted by atomic mass is 79.9. The average Bonchev–Trinajstić information content (AvgIpc) is 2.78. The molecule has 0 fully saturated rings. The van der Waals surface area contributed by atoms with Gasteiger partial charge in [-0.2, -0.15) is 0 Å². The average molecular weight is 314 g/mol. The van der Waals surface area contributed by atoms with Crippen molar-refractivity contribution >= 4 is 43.5 Å². The first-order chi connectivity index (χ1) is 9.24.